The van der Waals surface area contributed by atoms with E-state index in [-0.39, 0.29) is 0 Å². The molecule has 0 radical (unpaired) electrons. The minimum atomic E-state index is 0.399. The first-order chi connectivity index (χ1) is 16.3. The number of likely N-dealkylation sites (tertiary alicyclic amines) is 1. The fourth-order valence-electron chi connectivity index (χ4n) is 3.96. The fourth-order valence-corrected chi connectivity index (χ4v) is 3.96. The first-order valence-corrected chi connectivity index (χ1v) is 11.6. The summed E-state index contributed by atoms with van der Waals surface area (Å²) in [6.45, 7) is 4.38. The van der Waals surface area contributed by atoms with Crippen LogP contribution in [0, 0.1) is 0 Å². The van der Waals surface area contributed by atoms with Crippen molar-refractivity contribution in [2.45, 2.75) is 38.4 Å². The molecule has 3 heterocycles. The van der Waals surface area contributed by atoms with Crippen molar-refractivity contribution >= 4 is 5.96 Å². The zero-order valence-corrected chi connectivity index (χ0v) is 19.2. The molecule has 4 rings (SSSR count). The Kier molecular flexibility index (Phi) is 8.36. The molecule has 0 atom stereocenters. The molecule has 7 heteroatoms. The van der Waals surface area contributed by atoms with E-state index in [2.05, 4.69) is 44.8 Å². The van der Waals surface area contributed by atoms with Gasteiger partial charge in [-0.3, -0.25) is 9.88 Å². The third-order valence-electron chi connectivity index (χ3n) is 5.86. The predicted octanol–water partition coefficient (Wildman–Crippen LogP) is 3.63. The lowest BCUT2D eigenvalue weighted by Crippen LogP contribution is -2.49. The van der Waals surface area contributed by atoms with Crippen LogP contribution in [0.4, 0.5) is 0 Å². The number of ether oxygens (including phenoxy) is 1. The van der Waals surface area contributed by atoms with E-state index in [1.54, 1.807) is 13.4 Å². The van der Waals surface area contributed by atoms with Gasteiger partial charge in [-0.15, -0.1) is 0 Å². The Morgan fingerprint density at radius 1 is 1.12 bits per heavy atom. The molecule has 3 aromatic rings. The van der Waals surface area contributed by atoms with Crippen molar-refractivity contribution in [2.24, 2.45) is 4.99 Å². The number of methoxy groups -OCH3 is 1. The van der Waals surface area contributed by atoms with Gasteiger partial charge in [0.1, 0.15) is 11.5 Å². The third kappa shape index (κ3) is 7.36. The van der Waals surface area contributed by atoms with Crippen molar-refractivity contribution < 1.29 is 9.15 Å². The number of pyridine rings is 1. The Morgan fingerprint density at radius 2 is 1.97 bits per heavy atom. The molecule has 1 fully saturated rings. The molecule has 33 heavy (non-hydrogen) atoms. The van der Waals surface area contributed by atoms with Gasteiger partial charge in [-0.2, -0.15) is 0 Å². The molecule has 2 aromatic heterocycles. The summed E-state index contributed by atoms with van der Waals surface area (Å²) >= 11 is 0. The molecule has 1 saturated heterocycles. The average molecular weight is 448 g/mol. The van der Waals surface area contributed by atoms with Crippen LogP contribution in [-0.4, -0.2) is 48.6 Å². The molecule has 0 amide bonds. The van der Waals surface area contributed by atoms with Crippen LogP contribution in [-0.2, 0) is 19.5 Å². The minimum Gasteiger partial charge on any atom is -0.497 e. The number of furan rings is 1. The summed E-state index contributed by atoms with van der Waals surface area (Å²) in [4.78, 5) is 11.8. The van der Waals surface area contributed by atoms with Crippen molar-refractivity contribution in [1.82, 2.24) is 20.5 Å². The highest BCUT2D eigenvalue weighted by Gasteiger charge is 2.20. The standard InChI is InChI=1S/C26H33N5O2/c1-32-24-9-7-21(8-10-24)19-29-26(28-15-11-25-6-4-18-33-25)30-22-12-16-31(17-13-22)20-23-5-2-3-14-27-23/h2-10,14,18,22H,11-13,15-17,19-20H2,1H3,(H2,28,29,30). The summed E-state index contributed by atoms with van der Waals surface area (Å²) in [6.07, 6.45) is 6.55. The molecule has 1 aromatic carbocycles. The van der Waals surface area contributed by atoms with E-state index in [0.29, 0.717) is 12.6 Å². The van der Waals surface area contributed by atoms with Gasteiger partial charge in [0.05, 0.1) is 25.6 Å². The number of hydrogen-bond acceptors (Lipinski definition) is 5. The Balaban J connectivity index is 1.31. The summed E-state index contributed by atoms with van der Waals surface area (Å²) in [7, 11) is 1.68. The van der Waals surface area contributed by atoms with E-state index in [1.807, 2.05) is 36.5 Å². The molecule has 2 N–H and O–H groups in total. The number of nitrogens with one attached hydrogen (secondary N) is 2. The van der Waals surface area contributed by atoms with E-state index in [0.717, 1.165) is 74.2 Å². The zero-order valence-electron chi connectivity index (χ0n) is 19.2. The van der Waals surface area contributed by atoms with Gasteiger partial charge in [0.25, 0.3) is 0 Å². The summed E-state index contributed by atoms with van der Waals surface area (Å²) in [5.41, 5.74) is 2.28. The highest BCUT2D eigenvalue weighted by Crippen LogP contribution is 2.14. The van der Waals surface area contributed by atoms with Crippen LogP contribution in [0.3, 0.4) is 0 Å². The molecule has 0 unspecified atom stereocenters. The number of nitrogens with zero attached hydrogens (tertiary/aromatic N) is 3. The lowest BCUT2D eigenvalue weighted by molar-refractivity contribution is 0.196. The van der Waals surface area contributed by atoms with Crippen molar-refractivity contribution in [3.05, 3.63) is 84.1 Å². The van der Waals surface area contributed by atoms with Crippen molar-refractivity contribution in [3.63, 3.8) is 0 Å². The summed E-state index contributed by atoms with van der Waals surface area (Å²) in [6, 6.07) is 18.5. The molecule has 0 bridgehead atoms. The van der Waals surface area contributed by atoms with Crippen molar-refractivity contribution in [1.29, 1.82) is 0 Å². The first-order valence-electron chi connectivity index (χ1n) is 11.6. The van der Waals surface area contributed by atoms with E-state index in [9.17, 15) is 0 Å². The predicted molar refractivity (Wildman–Crippen MR) is 130 cm³/mol. The summed E-state index contributed by atoms with van der Waals surface area (Å²) in [5.74, 6) is 2.68. The number of aromatic nitrogens is 1. The molecule has 1 aliphatic rings. The number of benzene rings is 1. The van der Waals surface area contributed by atoms with Crippen LogP contribution >= 0.6 is 0 Å². The second-order valence-electron chi connectivity index (χ2n) is 8.28. The van der Waals surface area contributed by atoms with Gasteiger partial charge in [-0.25, -0.2) is 4.99 Å². The molecule has 174 valence electrons. The van der Waals surface area contributed by atoms with Crippen molar-refractivity contribution in [3.8, 4) is 5.75 Å². The molecular weight excluding hydrogens is 414 g/mol. The van der Waals surface area contributed by atoms with Crippen LogP contribution < -0.4 is 15.4 Å². The number of aliphatic imine (C=N–C) groups is 1. The number of rotatable bonds is 9. The van der Waals surface area contributed by atoms with Crippen LogP contribution in [0.5, 0.6) is 5.75 Å². The van der Waals surface area contributed by atoms with Gasteiger partial charge < -0.3 is 19.8 Å². The lowest BCUT2D eigenvalue weighted by atomic mass is 10.0. The molecule has 7 nitrogen and oxygen atoms in total. The van der Waals surface area contributed by atoms with Gasteiger partial charge >= 0.3 is 0 Å². The number of guanidine groups is 1. The lowest BCUT2D eigenvalue weighted by Gasteiger charge is -2.33. The minimum absolute atomic E-state index is 0.399. The largest absolute Gasteiger partial charge is 0.497 e. The van der Waals surface area contributed by atoms with E-state index in [1.165, 1.54) is 0 Å². The van der Waals surface area contributed by atoms with Crippen LogP contribution in [0.1, 0.15) is 29.9 Å². The molecule has 0 aliphatic carbocycles. The maximum atomic E-state index is 5.45. The Bertz CT molecular complexity index is 966. The molecule has 0 saturated carbocycles. The highest BCUT2D eigenvalue weighted by molar-refractivity contribution is 5.80. The topological polar surface area (TPSA) is 74.9 Å². The van der Waals surface area contributed by atoms with Gasteiger partial charge in [-0.05, 0) is 54.8 Å². The SMILES string of the molecule is COc1ccc(CN=C(NCCc2ccco2)NC2CCN(Cc3ccccn3)CC2)cc1. The second kappa shape index (κ2) is 12.1. The van der Waals surface area contributed by atoms with Gasteiger partial charge in [0.15, 0.2) is 5.96 Å². The van der Waals surface area contributed by atoms with E-state index in [4.69, 9.17) is 14.1 Å². The van der Waals surface area contributed by atoms with Gasteiger partial charge in [-0.1, -0.05) is 18.2 Å². The van der Waals surface area contributed by atoms with Crippen LogP contribution in [0.15, 0.2) is 76.5 Å². The van der Waals surface area contributed by atoms with Gasteiger partial charge in [0, 0.05) is 44.8 Å². The Hall–Kier alpha value is -3.32. The highest BCUT2D eigenvalue weighted by atomic mass is 16.5. The monoisotopic (exact) mass is 447 g/mol. The fraction of sp³-hybridized carbons (Fsp3) is 0.385. The first kappa shape index (κ1) is 22.9. The molecular formula is C26H33N5O2. The Labute approximate surface area is 195 Å². The van der Waals surface area contributed by atoms with Gasteiger partial charge in [0.2, 0.25) is 0 Å². The number of piperidine rings is 1. The third-order valence-corrected chi connectivity index (χ3v) is 5.86. The smallest absolute Gasteiger partial charge is 0.191 e. The van der Waals surface area contributed by atoms with E-state index < -0.39 is 0 Å². The quantitative estimate of drug-likeness (QED) is 0.385. The Morgan fingerprint density at radius 3 is 2.67 bits per heavy atom. The number of hydrogen-bond donors (Lipinski definition) is 2. The maximum Gasteiger partial charge on any atom is 0.191 e. The summed E-state index contributed by atoms with van der Waals surface area (Å²) in [5, 5.41) is 7.13. The zero-order chi connectivity index (χ0) is 22.7. The average Bonchev–Trinajstić information content (AvgIpc) is 3.38. The maximum absolute atomic E-state index is 5.45. The van der Waals surface area contributed by atoms with Crippen LogP contribution in [0.2, 0.25) is 0 Å². The van der Waals surface area contributed by atoms with Crippen LogP contribution in [0.25, 0.3) is 0 Å². The normalized spacial score (nSPS) is 15.4. The molecule has 0 spiro atoms. The second-order valence-corrected chi connectivity index (χ2v) is 8.28. The van der Waals surface area contributed by atoms with Crippen molar-refractivity contribution in [2.75, 3.05) is 26.7 Å². The summed E-state index contributed by atoms with van der Waals surface area (Å²) < 4.78 is 10.7. The molecule has 1 aliphatic heterocycles. The van der Waals surface area contributed by atoms with E-state index >= 15 is 0 Å².